The van der Waals surface area contributed by atoms with Crippen molar-refractivity contribution in [2.75, 3.05) is 5.32 Å². The van der Waals surface area contributed by atoms with Crippen molar-refractivity contribution in [2.45, 2.75) is 0 Å². The number of ketones is 1. The van der Waals surface area contributed by atoms with E-state index in [1.54, 1.807) is 36.4 Å². The highest BCUT2D eigenvalue weighted by Gasteiger charge is 2.01. The normalized spacial score (nSPS) is 10.6. The van der Waals surface area contributed by atoms with Gasteiger partial charge in [0.15, 0.2) is 5.78 Å². The summed E-state index contributed by atoms with van der Waals surface area (Å²) >= 11 is 3.18. The van der Waals surface area contributed by atoms with E-state index in [1.807, 2.05) is 6.07 Å². The molecule has 0 radical (unpaired) electrons. The van der Waals surface area contributed by atoms with Crippen LogP contribution in [-0.4, -0.2) is 5.78 Å². The number of benzene rings is 2. The summed E-state index contributed by atoms with van der Waals surface area (Å²) in [5, 5.41) is 2.74. The van der Waals surface area contributed by atoms with E-state index >= 15 is 0 Å². The predicted molar refractivity (Wildman–Crippen MR) is 77.6 cm³/mol. The molecule has 0 unspecified atom stereocenters. The van der Waals surface area contributed by atoms with Crippen LogP contribution < -0.4 is 5.32 Å². The monoisotopic (exact) mass is 319 g/mol. The molecule has 0 atom stereocenters. The van der Waals surface area contributed by atoms with E-state index in [-0.39, 0.29) is 11.6 Å². The molecule has 2 rings (SSSR count). The van der Waals surface area contributed by atoms with Gasteiger partial charge in [-0.25, -0.2) is 4.39 Å². The molecular weight excluding hydrogens is 309 g/mol. The standard InChI is InChI=1S/C15H11BrFNO/c16-12-6-7-14(13(17)10-12)18-9-8-15(19)11-4-2-1-3-5-11/h1-10,18H. The lowest BCUT2D eigenvalue weighted by Gasteiger charge is -2.02. The van der Waals surface area contributed by atoms with Gasteiger partial charge in [-0.2, -0.15) is 0 Å². The van der Waals surface area contributed by atoms with Gasteiger partial charge in [-0.3, -0.25) is 4.79 Å². The van der Waals surface area contributed by atoms with Gasteiger partial charge in [-0.05, 0) is 18.2 Å². The highest BCUT2D eigenvalue weighted by atomic mass is 79.9. The zero-order valence-electron chi connectivity index (χ0n) is 9.94. The fraction of sp³-hybridized carbons (Fsp3) is 0. The SMILES string of the molecule is O=C(C=CNc1ccc(Br)cc1F)c1ccccc1. The molecule has 0 saturated carbocycles. The third-order valence-electron chi connectivity index (χ3n) is 2.46. The highest BCUT2D eigenvalue weighted by Crippen LogP contribution is 2.19. The number of hydrogen-bond donors (Lipinski definition) is 1. The number of carbonyl (C=O) groups excluding carboxylic acids is 1. The van der Waals surface area contributed by atoms with Crippen LogP contribution in [0.4, 0.5) is 10.1 Å². The maximum absolute atomic E-state index is 13.5. The topological polar surface area (TPSA) is 29.1 Å². The molecule has 0 spiro atoms. The largest absolute Gasteiger partial charge is 0.359 e. The van der Waals surface area contributed by atoms with Crippen molar-refractivity contribution < 1.29 is 9.18 Å². The molecule has 0 aliphatic heterocycles. The van der Waals surface area contributed by atoms with E-state index in [2.05, 4.69) is 21.2 Å². The molecule has 2 aromatic rings. The number of rotatable bonds is 4. The zero-order valence-corrected chi connectivity index (χ0v) is 11.5. The van der Waals surface area contributed by atoms with Crippen LogP contribution in [0.1, 0.15) is 10.4 Å². The second kappa shape index (κ2) is 6.29. The van der Waals surface area contributed by atoms with Crippen molar-refractivity contribution in [3.8, 4) is 0 Å². The van der Waals surface area contributed by atoms with Crippen LogP contribution >= 0.6 is 15.9 Å². The van der Waals surface area contributed by atoms with Gasteiger partial charge in [0, 0.05) is 22.3 Å². The van der Waals surface area contributed by atoms with Crippen LogP contribution in [-0.2, 0) is 0 Å². The molecule has 0 heterocycles. The minimum Gasteiger partial charge on any atom is -0.359 e. The summed E-state index contributed by atoms with van der Waals surface area (Å²) in [4.78, 5) is 11.7. The Bertz CT molecular complexity index is 611. The lowest BCUT2D eigenvalue weighted by atomic mass is 10.1. The Labute approximate surface area is 119 Å². The summed E-state index contributed by atoms with van der Waals surface area (Å²) in [6.07, 6.45) is 2.80. The summed E-state index contributed by atoms with van der Waals surface area (Å²) in [7, 11) is 0. The van der Waals surface area contributed by atoms with Crippen LogP contribution in [0.3, 0.4) is 0 Å². The van der Waals surface area contributed by atoms with Gasteiger partial charge in [-0.15, -0.1) is 0 Å². The number of halogens is 2. The molecule has 2 aromatic carbocycles. The smallest absolute Gasteiger partial charge is 0.187 e. The molecule has 0 aliphatic rings. The Balaban J connectivity index is 2.02. The first kappa shape index (κ1) is 13.5. The van der Waals surface area contributed by atoms with Crippen molar-refractivity contribution in [3.05, 3.63) is 76.7 Å². The highest BCUT2D eigenvalue weighted by molar-refractivity contribution is 9.10. The van der Waals surface area contributed by atoms with Crippen molar-refractivity contribution in [1.29, 1.82) is 0 Å². The third-order valence-corrected chi connectivity index (χ3v) is 2.96. The van der Waals surface area contributed by atoms with Crippen LogP contribution in [0.2, 0.25) is 0 Å². The average Bonchev–Trinajstić information content (AvgIpc) is 2.42. The van der Waals surface area contributed by atoms with Crippen LogP contribution in [0.15, 0.2) is 65.3 Å². The lowest BCUT2D eigenvalue weighted by molar-refractivity contribution is 0.104. The molecule has 0 amide bonds. The number of hydrogen-bond acceptors (Lipinski definition) is 2. The van der Waals surface area contributed by atoms with Crippen LogP contribution in [0, 0.1) is 5.82 Å². The first-order chi connectivity index (χ1) is 9.16. The molecule has 4 heteroatoms. The first-order valence-electron chi connectivity index (χ1n) is 5.64. The number of carbonyl (C=O) groups is 1. The Morgan fingerprint density at radius 2 is 1.89 bits per heavy atom. The van der Waals surface area contributed by atoms with Crippen LogP contribution in [0.25, 0.3) is 0 Å². The summed E-state index contributed by atoms with van der Waals surface area (Å²) in [5.41, 5.74) is 0.914. The van der Waals surface area contributed by atoms with Gasteiger partial charge in [0.1, 0.15) is 5.82 Å². The minimum atomic E-state index is -0.383. The average molecular weight is 320 g/mol. The van der Waals surface area contributed by atoms with Crippen molar-refractivity contribution >= 4 is 27.4 Å². The summed E-state index contributed by atoms with van der Waals surface area (Å²) in [6, 6.07) is 13.6. The zero-order chi connectivity index (χ0) is 13.7. The van der Waals surface area contributed by atoms with Crippen molar-refractivity contribution in [2.24, 2.45) is 0 Å². The maximum Gasteiger partial charge on any atom is 0.187 e. The number of anilines is 1. The minimum absolute atomic E-state index is 0.134. The Hall–Kier alpha value is -1.94. The van der Waals surface area contributed by atoms with E-state index in [0.717, 1.165) is 0 Å². The van der Waals surface area contributed by atoms with E-state index in [4.69, 9.17) is 0 Å². The van der Waals surface area contributed by atoms with E-state index < -0.39 is 0 Å². The van der Waals surface area contributed by atoms with Gasteiger partial charge in [0.2, 0.25) is 0 Å². The van der Waals surface area contributed by atoms with Gasteiger partial charge in [0.05, 0.1) is 5.69 Å². The number of allylic oxidation sites excluding steroid dienone is 1. The molecule has 0 fully saturated rings. The van der Waals surface area contributed by atoms with E-state index in [0.29, 0.717) is 15.7 Å². The Morgan fingerprint density at radius 3 is 2.58 bits per heavy atom. The predicted octanol–water partition coefficient (Wildman–Crippen LogP) is 4.40. The molecule has 2 nitrogen and oxygen atoms in total. The molecule has 1 N–H and O–H groups in total. The van der Waals surface area contributed by atoms with Crippen molar-refractivity contribution in [1.82, 2.24) is 0 Å². The second-order valence-electron chi connectivity index (χ2n) is 3.83. The molecular formula is C15H11BrFNO. The molecule has 0 bridgehead atoms. The van der Waals surface area contributed by atoms with Gasteiger partial charge in [0.25, 0.3) is 0 Å². The molecule has 19 heavy (non-hydrogen) atoms. The third kappa shape index (κ3) is 3.76. The van der Waals surface area contributed by atoms with E-state index in [1.165, 1.54) is 18.3 Å². The lowest BCUT2D eigenvalue weighted by Crippen LogP contribution is -1.97. The van der Waals surface area contributed by atoms with Gasteiger partial charge >= 0.3 is 0 Å². The van der Waals surface area contributed by atoms with E-state index in [9.17, 15) is 9.18 Å². The van der Waals surface area contributed by atoms with Gasteiger partial charge < -0.3 is 5.32 Å². The quantitative estimate of drug-likeness (QED) is 0.668. The fourth-order valence-electron chi connectivity index (χ4n) is 1.51. The first-order valence-corrected chi connectivity index (χ1v) is 6.43. The molecule has 0 aliphatic carbocycles. The fourth-order valence-corrected chi connectivity index (χ4v) is 1.85. The number of nitrogens with one attached hydrogen (secondary N) is 1. The maximum atomic E-state index is 13.5. The Kier molecular flexibility index (Phi) is 4.47. The molecule has 0 aromatic heterocycles. The summed E-state index contributed by atoms with van der Waals surface area (Å²) < 4.78 is 14.2. The molecule has 0 saturated heterocycles. The van der Waals surface area contributed by atoms with Gasteiger partial charge in [-0.1, -0.05) is 46.3 Å². The summed E-state index contributed by atoms with van der Waals surface area (Å²) in [5.74, 6) is -0.517. The Morgan fingerprint density at radius 1 is 1.16 bits per heavy atom. The summed E-state index contributed by atoms with van der Waals surface area (Å²) in [6.45, 7) is 0. The second-order valence-corrected chi connectivity index (χ2v) is 4.75. The van der Waals surface area contributed by atoms with Crippen LogP contribution in [0.5, 0.6) is 0 Å². The van der Waals surface area contributed by atoms with Crippen molar-refractivity contribution in [3.63, 3.8) is 0 Å². The molecule has 96 valence electrons.